The van der Waals surface area contributed by atoms with Crippen molar-refractivity contribution in [2.24, 2.45) is 5.92 Å². The molecule has 8 heteroatoms. The maximum absolute atomic E-state index is 12.1. The van der Waals surface area contributed by atoms with Crippen molar-refractivity contribution >= 4 is 10.0 Å². The fraction of sp³-hybridized carbons (Fsp3) is 0.750. The first-order valence-electron chi connectivity index (χ1n) is 6.92. The summed E-state index contributed by atoms with van der Waals surface area (Å²) in [5, 5.41) is 15.1. The van der Waals surface area contributed by atoms with Gasteiger partial charge in [-0.05, 0) is 38.4 Å². The number of nitrogens with one attached hydrogen (secondary N) is 2. The Kier molecular flexibility index (Phi) is 5.14. The predicted molar refractivity (Wildman–Crippen MR) is 74.5 cm³/mol. The summed E-state index contributed by atoms with van der Waals surface area (Å²) in [5.41, 5.74) is 0.290. The molecule has 0 aromatic carbocycles. The fourth-order valence-corrected chi connectivity index (χ4v) is 3.69. The van der Waals surface area contributed by atoms with Gasteiger partial charge < -0.3 is 10.0 Å². The lowest BCUT2D eigenvalue weighted by atomic mass is 9.97. The Bertz CT molecular complexity index is 521. The number of aromatic amines is 1. The highest BCUT2D eigenvalue weighted by Crippen LogP contribution is 2.17. The summed E-state index contributed by atoms with van der Waals surface area (Å²) < 4.78 is 26.9. The van der Waals surface area contributed by atoms with E-state index in [2.05, 4.69) is 26.7 Å². The number of aliphatic hydroxyl groups excluding tert-OH is 1. The van der Waals surface area contributed by atoms with E-state index < -0.39 is 10.0 Å². The van der Waals surface area contributed by atoms with Crippen molar-refractivity contribution in [3.05, 3.63) is 11.8 Å². The van der Waals surface area contributed by atoms with Gasteiger partial charge in [-0.1, -0.05) is 6.92 Å². The van der Waals surface area contributed by atoms with E-state index in [0.717, 1.165) is 32.5 Å². The van der Waals surface area contributed by atoms with Crippen LogP contribution in [0.1, 0.15) is 25.3 Å². The van der Waals surface area contributed by atoms with Gasteiger partial charge in [-0.15, -0.1) is 0 Å². The summed E-state index contributed by atoms with van der Waals surface area (Å²) in [6.45, 7) is 5.32. The van der Waals surface area contributed by atoms with Crippen molar-refractivity contribution < 1.29 is 13.5 Å². The van der Waals surface area contributed by atoms with Gasteiger partial charge in [0.2, 0.25) is 0 Å². The molecule has 2 heterocycles. The van der Waals surface area contributed by atoms with Gasteiger partial charge in [-0.3, -0.25) is 5.10 Å². The largest absolute Gasteiger partial charge is 0.392 e. The third-order valence-electron chi connectivity index (χ3n) is 3.83. The van der Waals surface area contributed by atoms with Crippen molar-refractivity contribution in [2.45, 2.75) is 31.4 Å². The lowest BCUT2D eigenvalue weighted by Crippen LogP contribution is -2.38. The summed E-state index contributed by atoms with van der Waals surface area (Å²) in [6, 6.07) is 0. The molecule has 0 spiro atoms. The van der Waals surface area contributed by atoms with Gasteiger partial charge in [0.25, 0.3) is 10.0 Å². The molecule has 0 aliphatic carbocycles. The topological polar surface area (TPSA) is 98.3 Å². The summed E-state index contributed by atoms with van der Waals surface area (Å²) >= 11 is 0. The van der Waals surface area contributed by atoms with Gasteiger partial charge in [0, 0.05) is 12.1 Å². The SMILES string of the molecule is CCN1CCC(CNS(=O)(=O)c2[nH]ncc2CO)CC1. The van der Waals surface area contributed by atoms with Crippen molar-refractivity contribution in [1.29, 1.82) is 0 Å². The van der Waals surface area contributed by atoms with Gasteiger partial charge in [-0.2, -0.15) is 5.10 Å². The Hall–Kier alpha value is -0.960. The first-order chi connectivity index (χ1) is 9.56. The number of nitrogens with zero attached hydrogens (tertiary/aromatic N) is 2. The van der Waals surface area contributed by atoms with Crippen LogP contribution in [-0.4, -0.2) is 54.8 Å². The van der Waals surface area contributed by atoms with Crippen LogP contribution < -0.4 is 4.72 Å². The molecule has 1 aliphatic heterocycles. The van der Waals surface area contributed by atoms with Crippen LogP contribution in [0.3, 0.4) is 0 Å². The lowest BCUT2D eigenvalue weighted by Gasteiger charge is -2.30. The molecule has 3 N–H and O–H groups in total. The number of rotatable bonds is 6. The monoisotopic (exact) mass is 302 g/mol. The highest BCUT2D eigenvalue weighted by atomic mass is 32.2. The quantitative estimate of drug-likeness (QED) is 0.682. The molecule has 114 valence electrons. The molecule has 2 rings (SSSR count). The predicted octanol–water partition coefficient (Wildman–Crippen LogP) is -0.0878. The minimum atomic E-state index is -3.62. The smallest absolute Gasteiger partial charge is 0.257 e. The molecular weight excluding hydrogens is 280 g/mol. The molecule has 1 saturated heterocycles. The number of hydrogen-bond acceptors (Lipinski definition) is 5. The third-order valence-corrected chi connectivity index (χ3v) is 5.27. The maximum Gasteiger partial charge on any atom is 0.257 e. The van der Waals surface area contributed by atoms with Gasteiger partial charge >= 0.3 is 0 Å². The van der Waals surface area contributed by atoms with Crippen LogP contribution in [0.5, 0.6) is 0 Å². The first-order valence-corrected chi connectivity index (χ1v) is 8.40. The fourth-order valence-electron chi connectivity index (χ4n) is 2.45. The average Bonchev–Trinajstić information content (AvgIpc) is 2.95. The van der Waals surface area contributed by atoms with Crippen LogP contribution in [0.2, 0.25) is 0 Å². The minimum Gasteiger partial charge on any atom is -0.392 e. The van der Waals surface area contributed by atoms with Crippen molar-refractivity contribution in [3.8, 4) is 0 Å². The third kappa shape index (κ3) is 3.57. The molecule has 0 atom stereocenters. The van der Waals surface area contributed by atoms with E-state index in [9.17, 15) is 8.42 Å². The van der Waals surface area contributed by atoms with E-state index in [0.29, 0.717) is 18.0 Å². The Morgan fingerprint density at radius 1 is 1.50 bits per heavy atom. The molecule has 1 aromatic heterocycles. The zero-order chi connectivity index (χ0) is 14.6. The van der Waals surface area contributed by atoms with Crippen LogP contribution in [0.25, 0.3) is 0 Å². The average molecular weight is 302 g/mol. The van der Waals surface area contributed by atoms with Crippen molar-refractivity contribution in [1.82, 2.24) is 19.8 Å². The number of hydrogen-bond donors (Lipinski definition) is 3. The number of sulfonamides is 1. The molecular formula is C12H22N4O3S. The summed E-state index contributed by atoms with van der Waals surface area (Å²) in [6.07, 6.45) is 3.34. The number of piperidine rings is 1. The van der Waals surface area contributed by atoms with E-state index in [-0.39, 0.29) is 11.6 Å². The molecule has 1 fully saturated rings. The molecule has 1 aliphatic rings. The van der Waals surface area contributed by atoms with Gasteiger partial charge in [-0.25, -0.2) is 13.1 Å². The van der Waals surface area contributed by atoms with E-state index >= 15 is 0 Å². The highest BCUT2D eigenvalue weighted by Gasteiger charge is 2.23. The highest BCUT2D eigenvalue weighted by molar-refractivity contribution is 7.89. The molecule has 1 aromatic rings. The molecule has 20 heavy (non-hydrogen) atoms. The molecule has 0 unspecified atom stereocenters. The van der Waals surface area contributed by atoms with E-state index in [1.54, 1.807) is 0 Å². The molecule has 0 radical (unpaired) electrons. The Labute approximate surface area is 119 Å². The lowest BCUT2D eigenvalue weighted by molar-refractivity contribution is 0.193. The number of aromatic nitrogens is 2. The summed E-state index contributed by atoms with van der Waals surface area (Å²) in [4.78, 5) is 2.36. The van der Waals surface area contributed by atoms with Crippen LogP contribution >= 0.6 is 0 Å². The van der Waals surface area contributed by atoms with E-state index in [1.807, 2.05) is 0 Å². The van der Waals surface area contributed by atoms with Crippen LogP contribution in [0.4, 0.5) is 0 Å². The minimum absolute atomic E-state index is 0.0361. The van der Waals surface area contributed by atoms with E-state index in [1.165, 1.54) is 6.20 Å². The number of aliphatic hydroxyl groups is 1. The molecule has 0 bridgehead atoms. The Balaban J connectivity index is 1.90. The second kappa shape index (κ2) is 6.66. The van der Waals surface area contributed by atoms with Crippen molar-refractivity contribution in [2.75, 3.05) is 26.2 Å². The normalized spacial score (nSPS) is 18.5. The zero-order valence-corrected chi connectivity index (χ0v) is 12.5. The Morgan fingerprint density at radius 2 is 2.20 bits per heavy atom. The van der Waals surface area contributed by atoms with Crippen LogP contribution in [0, 0.1) is 5.92 Å². The van der Waals surface area contributed by atoms with Gasteiger partial charge in [0.1, 0.15) is 0 Å². The summed E-state index contributed by atoms with van der Waals surface area (Å²) in [7, 11) is -3.62. The first kappa shape index (κ1) is 15.4. The molecule has 0 saturated carbocycles. The zero-order valence-electron chi connectivity index (χ0n) is 11.7. The number of H-pyrrole nitrogens is 1. The van der Waals surface area contributed by atoms with E-state index in [4.69, 9.17) is 5.11 Å². The van der Waals surface area contributed by atoms with Crippen molar-refractivity contribution in [3.63, 3.8) is 0 Å². The standard InChI is InChI=1S/C12H22N4O3S/c1-2-16-5-3-10(4-6-16)7-14-20(18,19)12-11(9-17)8-13-15-12/h8,10,14,17H,2-7,9H2,1H3,(H,13,15). The Morgan fingerprint density at radius 3 is 2.80 bits per heavy atom. The molecule has 7 nitrogen and oxygen atoms in total. The summed E-state index contributed by atoms with van der Waals surface area (Å²) in [5.74, 6) is 0.369. The second-order valence-electron chi connectivity index (χ2n) is 5.11. The van der Waals surface area contributed by atoms with Crippen LogP contribution in [0.15, 0.2) is 11.2 Å². The molecule has 0 amide bonds. The maximum atomic E-state index is 12.1. The number of likely N-dealkylation sites (tertiary alicyclic amines) is 1. The van der Waals surface area contributed by atoms with Gasteiger partial charge in [0.15, 0.2) is 5.03 Å². The van der Waals surface area contributed by atoms with Gasteiger partial charge in [0.05, 0.1) is 12.8 Å². The van der Waals surface area contributed by atoms with Crippen LogP contribution in [-0.2, 0) is 16.6 Å². The second-order valence-corrected chi connectivity index (χ2v) is 6.82.